The molecule has 1 saturated carbocycles. The van der Waals surface area contributed by atoms with E-state index in [1.807, 2.05) is 11.8 Å². The van der Waals surface area contributed by atoms with Gasteiger partial charge in [0.1, 0.15) is 0 Å². The van der Waals surface area contributed by atoms with Crippen molar-refractivity contribution in [3.8, 4) is 0 Å². The third kappa shape index (κ3) is 4.00. The quantitative estimate of drug-likeness (QED) is 0.793. The molecule has 1 aliphatic rings. The molecule has 0 amide bonds. The van der Waals surface area contributed by atoms with E-state index in [1.54, 1.807) is 0 Å². The van der Waals surface area contributed by atoms with Gasteiger partial charge in [-0.05, 0) is 62.3 Å². The standard InChI is InChI=1S/C17H28N2S/c1-13(10-11-20-3)19(2)17(12-18)16-8-6-15(7-9-16)14-4-5-14/h6-9,13-14,17H,4-5,10-12,18H2,1-3H3. The fourth-order valence-electron chi connectivity index (χ4n) is 2.74. The first-order valence-electron chi connectivity index (χ1n) is 7.68. The average molecular weight is 292 g/mol. The normalized spacial score (nSPS) is 18.2. The minimum atomic E-state index is 0.333. The van der Waals surface area contributed by atoms with Crippen LogP contribution in [0.1, 0.15) is 49.3 Å². The number of hydrogen-bond acceptors (Lipinski definition) is 3. The Balaban J connectivity index is 2.01. The van der Waals surface area contributed by atoms with Gasteiger partial charge in [0.25, 0.3) is 0 Å². The first-order chi connectivity index (χ1) is 9.67. The molecule has 2 N–H and O–H groups in total. The molecule has 2 rings (SSSR count). The second-order valence-corrected chi connectivity index (χ2v) is 6.97. The molecule has 0 saturated heterocycles. The van der Waals surface area contributed by atoms with Crippen LogP contribution in [0.15, 0.2) is 24.3 Å². The van der Waals surface area contributed by atoms with Crippen molar-refractivity contribution in [2.24, 2.45) is 5.73 Å². The fraction of sp³-hybridized carbons (Fsp3) is 0.647. The minimum absolute atomic E-state index is 0.333. The molecule has 0 spiro atoms. The van der Waals surface area contributed by atoms with E-state index in [-0.39, 0.29) is 0 Å². The molecule has 0 aromatic heterocycles. The highest BCUT2D eigenvalue weighted by atomic mass is 32.2. The zero-order valence-corrected chi connectivity index (χ0v) is 13.8. The van der Waals surface area contributed by atoms with Gasteiger partial charge in [-0.3, -0.25) is 4.90 Å². The summed E-state index contributed by atoms with van der Waals surface area (Å²) in [7, 11) is 2.21. The van der Waals surface area contributed by atoms with Crippen LogP contribution < -0.4 is 5.73 Å². The third-order valence-electron chi connectivity index (χ3n) is 4.52. The molecule has 0 radical (unpaired) electrons. The van der Waals surface area contributed by atoms with Crippen LogP contribution in [0.25, 0.3) is 0 Å². The van der Waals surface area contributed by atoms with Crippen molar-refractivity contribution in [1.29, 1.82) is 0 Å². The molecule has 1 fully saturated rings. The van der Waals surface area contributed by atoms with E-state index in [4.69, 9.17) is 5.73 Å². The Hall–Kier alpha value is -0.510. The molecule has 0 bridgehead atoms. The van der Waals surface area contributed by atoms with Gasteiger partial charge < -0.3 is 5.73 Å². The molecule has 2 nitrogen and oxygen atoms in total. The Morgan fingerprint density at radius 2 is 1.95 bits per heavy atom. The molecule has 112 valence electrons. The van der Waals surface area contributed by atoms with Gasteiger partial charge >= 0.3 is 0 Å². The van der Waals surface area contributed by atoms with Crippen LogP contribution in [-0.2, 0) is 0 Å². The van der Waals surface area contributed by atoms with Crippen LogP contribution in [0.5, 0.6) is 0 Å². The van der Waals surface area contributed by atoms with Crippen molar-refractivity contribution in [3.63, 3.8) is 0 Å². The number of rotatable bonds is 8. The van der Waals surface area contributed by atoms with Crippen LogP contribution in [0.3, 0.4) is 0 Å². The summed E-state index contributed by atoms with van der Waals surface area (Å²) < 4.78 is 0. The van der Waals surface area contributed by atoms with Crippen LogP contribution in [0, 0.1) is 0 Å². The van der Waals surface area contributed by atoms with E-state index in [2.05, 4.69) is 49.4 Å². The predicted octanol–water partition coefficient (Wildman–Crippen LogP) is 3.64. The monoisotopic (exact) mass is 292 g/mol. The van der Waals surface area contributed by atoms with Gasteiger partial charge in [-0.25, -0.2) is 0 Å². The molecular weight excluding hydrogens is 264 g/mol. The van der Waals surface area contributed by atoms with E-state index in [1.165, 1.54) is 36.1 Å². The fourth-order valence-corrected chi connectivity index (χ4v) is 3.32. The molecule has 2 unspecified atom stereocenters. The summed E-state index contributed by atoms with van der Waals surface area (Å²) >= 11 is 1.92. The highest BCUT2D eigenvalue weighted by Gasteiger charge is 2.24. The highest BCUT2D eigenvalue weighted by Crippen LogP contribution is 2.40. The summed E-state index contributed by atoms with van der Waals surface area (Å²) in [5.74, 6) is 2.04. The maximum atomic E-state index is 6.04. The molecular formula is C17H28N2S. The average Bonchev–Trinajstić information content (AvgIpc) is 3.30. The summed E-state index contributed by atoms with van der Waals surface area (Å²) in [4.78, 5) is 2.43. The topological polar surface area (TPSA) is 29.3 Å². The van der Waals surface area contributed by atoms with Crippen molar-refractivity contribution in [1.82, 2.24) is 4.90 Å². The Bertz CT molecular complexity index is 400. The number of likely N-dealkylation sites (N-methyl/N-ethyl adjacent to an activating group) is 1. The first kappa shape index (κ1) is 15.9. The van der Waals surface area contributed by atoms with Crippen molar-refractivity contribution < 1.29 is 0 Å². The Labute approximate surface area is 128 Å². The van der Waals surface area contributed by atoms with E-state index in [9.17, 15) is 0 Å². The molecule has 1 aliphatic carbocycles. The Morgan fingerprint density at radius 1 is 1.30 bits per heavy atom. The molecule has 1 aromatic carbocycles. The summed E-state index contributed by atoms with van der Waals surface area (Å²) in [5, 5.41) is 0. The van der Waals surface area contributed by atoms with Crippen molar-refractivity contribution in [2.45, 2.75) is 44.2 Å². The molecule has 2 atom stereocenters. The van der Waals surface area contributed by atoms with Gasteiger partial charge in [-0.1, -0.05) is 24.3 Å². The third-order valence-corrected chi connectivity index (χ3v) is 5.16. The summed E-state index contributed by atoms with van der Waals surface area (Å²) in [6.07, 6.45) is 6.12. The molecule has 1 aromatic rings. The largest absolute Gasteiger partial charge is 0.329 e. The van der Waals surface area contributed by atoms with Gasteiger partial charge in [-0.2, -0.15) is 11.8 Å². The van der Waals surface area contributed by atoms with Gasteiger partial charge in [0.05, 0.1) is 0 Å². The Kier molecular flexibility index (Phi) is 5.94. The molecule has 20 heavy (non-hydrogen) atoms. The summed E-state index contributed by atoms with van der Waals surface area (Å²) in [6, 6.07) is 10.1. The van der Waals surface area contributed by atoms with Gasteiger partial charge in [-0.15, -0.1) is 0 Å². The van der Waals surface area contributed by atoms with Crippen LogP contribution in [0.4, 0.5) is 0 Å². The van der Waals surface area contributed by atoms with Crippen molar-refractivity contribution in [3.05, 3.63) is 35.4 Å². The molecule has 0 aliphatic heterocycles. The number of nitrogens with zero attached hydrogens (tertiary/aromatic N) is 1. The Morgan fingerprint density at radius 3 is 2.45 bits per heavy atom. The van der Waals surface area contributed by atoms with E-state index >= 15 is 0 Å². The van der Waals surface area contributed by atoms with Crippen molar-refractivity contribution in [2.75, 3.05) is 25.6 Å². The zero-order valence-electron chi connectivity index (χ0n) is 13.0. The molecule has 3 heteroatoms. The lowest BCUT2D eigenvalue weighted by Crippen LogP contribution is -2.37. The second kappa shape index (κ2) is 7.48. The van der Waals surface area contributed by atoms with E-state index in [0.29, 0.717) is 18.6 Å². The lowest BCUT2D eigenvalue weighted by molar-refractivity contribution is 0.185. The van der Waals surface area contributed by atoms with Gasteiger partial charge in [0, 0.05) is 18.6 Å². The zero-order chi connectivity index (χ0) is 14.5. The summed E-state index contributed by atoms with van der Waals surface area (Å²) in [6.45, 7) is 2.99. The van der Waals surface area contributed by atoms with Crippen molar-refractivity contribution >= 4 is 11.8 Å². The van der Waals surface area contributed by atoms with Gasteiger partial charge in [0.2, 0.25) is 0 Å². The smallest absolute Gasteiger partial charge is 0.0470 e. The predicted molar refractivity (Wildman–Crippen MR) is 90.4 cm³/mol. The highest BCUT2D eigenvalue weighted by molar-refractivity contribution is 7.98. The molecule has 0 heterocycles. The maximum Gasteiger partial charge on any atom is 0.0470 e. The lowest BCUT2D eigenvalue weighted by atomic mass is 10.0. The first-order valence-corrected chi connectivity index (χ1v) is 9.07. The lowest BCUT2D eigenvalue weighted by Gasteiger charge is -2.33. The number of nitrogens with two attached hydrogens (primary N) is 1. The maximum absolute atomic E-state index is 6.04. The number of benzene rings is 1. The van der Waals surface area contributed by atoms with Crippen LogP contribution in [0.2, 0.25) is 0 Å². The van der Waals surface area contributed by atoms with E-state index < -0.39 is 0 Å². The second-order valence-electron chi connectivity index (χ2n) is 5.99. The SMILES string of the molecule is CSCCC(C)N(C)C(CN)c1ccc(C2CC2)cc1. The van der Waals surface area contributed by atoms with E-state index in [0.717, 1.165) is 5.92 Å². The van der Waals surface area contributed by atoms with Crippen LogP contribution in [-0.4, -0.2) is 36.5 Å². The van der Waals surface area contributed by atoms with Gasteiger partial charge in [0.15, 0.2) is 0 Å². The number of hydrogen-bond donors (Lipinski definition) is 1. The number of thioether (sulfide) groups is 1. The minimum Gasteiger partial charge on any atom is -0.329 e. The van der Waals surface area contributed by atoms with Crippen LogP contribution >= 0.6 is 11.8 Å². The summed E-state index contributed by atoms with van der Waals surface area (Å²) in [5.41, 5.74) is 8.89.